The lowest BCUT2D eigenvalue weighted by Crippen LogP contribution is -2.28. The molecule has 4 aromatic heterocycles. The number of fused-ring (bicyclic) bond motifs is 2. The second kappa shape index (κ2) is 20.2. The van der Waals surface area contributed by atoms with Crippen molar-refractivity contribution in [2.75, 3.05) is 31.5 Å². The van der Waals surface area contributed by atoms with Gasteiger partial charge in [-0.25, -0.2) is 29.3 Å². The van der Waals surface area contributed by atoms with E-state index in [1.807, 2.05) is 94.4 Å². The van der Waals surface area contributed by atoms with Crippen molar-refractivity contribution in [1.29, 1.82) is 0 Å². The van der Waals surface area contributed by atoms with Crippen LogP contribution in [0.2, 0.25) is 5.15 Å². The SMILES string of the molecule is CC(=O)NCCN.CCc1cc2c(Cl)nc(-c3ccccc3)nc2n1C(=O)OC(C)(C)C.CCc1cc2c(NCCNC(C)=O)nc(-c3ccccc3)nc2[nH]1. The zero-order valence-electron chi connectivity index (χ0n) is 33.0. The van der Waals surface area contributed by atoms with Gasteiger partial charge in [0.1, 0.15) is 22.2 Å². The zero-order valence-corrected chi connectivity index (χ0v) is 33.8. The van der Waals surface area contributed by atoms with Crippen LogP contribution >= 0.6 is 11.6 Å². The first-order valence-corrected chi connectivity index (χ1v) is 18.9. The van der Waals surface area contributed by atoms with Gasteiger partial charge in [-0.2, -0.15) is 0 Å². The Kier molecular flexibility index (Phi) is 15.4. The van der Waals surface area contributed by atoms with E-state index < -0.39 is 11.7 Å². The summed E-state index contributed by atoms with van der Waals surface area (Å²) in [4.78, 5) is 55.4. The van der Waals surface area contributed by atoms with Crippen LogP contribution in [0.25, 0.3) is 44.8 Å². The number of carbonyl (C=O) groups excluding carboxylic acids is 3. The molecule has 0 fully saturated rings. The molecule has 0 radical (unpaired) electrons. The van der Waals surface area contributed by atoms with Crippen LogP contribution in [0, 0.1) is 0 Å². The van der Waals surface area contributed by atoms with Gasteiger partial charge in [-0.15, -0.1) is 0 Å². The summed E-state index contributed by atoms with van der Waals surface area (Å²) >= 11 is 6.38. The van der Waals surface area contributed by atoms with Gasteiger partial charge in [0.2, 0.25) is 11.8 Å². The Morgan fingerprint density at radius 2 is 1.38 bits per heavy atom. The van der Waals surface area contributed by atoms with E-state index in [0.717, 1.165) is 45.8 Å². The van der Waals surface area contributed by atoms with E-state index >= 15 is 0 Å². The van der Waals surface area contributed by atoms with Crippen molar-refractivity contribution >= 4 is 57.4 Å². The van der Waals surface area contributed by atoms with Gasteiger partial charge in [-0.3, -0.25) is 9.59 Å². The minimum Gasteiger partial charge on any atom is -0.443 e. The molecule has 2 amide bonds. The van der Waals surface area contributed by atoms with Crippen molar-refractivity contribution in [2.24, 2.45) is 5.73 Å². The van der Waals surface area contributed by atoms with E-state index in [9.17, 15) is 14.4 Å². The molecular formula is C41H51ClN10O4. The Bertz CT molecular complexity index is 2230. The lowest BCUT2D eigenvalue weighted by Gasteiger charge is -2.20. The number of nitrogens with two attached hydrogens (primary N) is 1. The largest absolute Gasteiger partial charge is 0.443 e. The second-order valence-corrected chi connectivity index (χ2v) is 14.0. The average molecular weight is 783 g/mol. The van der Waals surface area contributed by atoms with Crippen LogP contribution < -0.4 is 21.7 Å². The van der Waals surface area contributed by atoms with Gasteiger partial charge in [-0.05, 0) is 45.7 Å². The van der Waals surface area contributed by atoms with Gasteiger partial charge in [0.05, 0.1) is 10.8 Å². The topological polar surface area (TPSA) is 195 Å². The molecule has 15 heteroatoms. The van der Waals surface area contributed by atoms with Crippen molar-refractivity contribution in [2.45, 2.75) is 66.9 Å². The van der Waals surface area contributed by atoms with Gasteiger partial charge < -0.3 is 31.4 Å². The first-order chi connectivity index (χ1) is 26.7. The highest BCUT2D eigenvalue weighted by Crippen LogP contribution is 2.29. The van der Waals surface area contributed by atoms with Crippen LogP contribution in [0.5, 0.6) is 0 Å². The van der Waals surface area contributed by atoms with Gasteiger partial charge >= 0.3 is 6.09 Å². The molecule has 14 nitrogen and oxygen atoms in total. The first kappa shape index (κ1) is 42.9. The molecule has 0 unspecified atom stereocenters. The molecule has 0 aliphatic carbocycles. The number of H-pyrrole nitrogens is 1. The number of nitrogens with zero attached hydrogens (tertiary/aromatic N) is 5. The molecule has 6 N–H and O–H groups in total. The summed E-state index contributed by atoms with van der Waals surface area (Å²) in [5.41, 5.74) is 9.45. The molecule has 0 atom stereocenters. The van der Waals surface area contributed by atoms with Crippen LogP contribution in [-0.2, 0) is 27.2 Å². The fourth-order valence-electron chi connectivity index (χ4n) is 5.35. The molecule has 0 saturated heterocycles. The van der Waals surface area contributed by atoms with Gasteiger partial charge in [0, 0.05) is 62.5 Å². The summed E-state index contributed by atoms with van der Waals surface area (Å²) in [6.07, 6.45) is 1.09. The minimum atomic E-state index is -0.599. The van der Waals surface area contributed by atoms with Crippen LogP contribution in [0.3, 0.4) is 0 Å². The van der Waals surface area contributed by atoms with Crippen LogP contribution in [-0.4, -0.2) is 79.2 Å². The number of amides is 2. The number of hydrogen-bond donors (Lipinski definition) is 5. The van der Waals surface area contributed by atoms with Crippen LogP contribution in [0.1, 0.15) is 59.9 Å². The molecule has 0 aliphatic rings. The fourth-order valence-corrected chi connectivity index (χ4v) is 5.57. The molecule has 0 saturated carbocycles. The molecule has 296 valence electrons. The number of benzene rings is 2. The quantitative estimate of drug-likeness (QED) is 0.0720. The van der Waals surface area contributed by atoms with E-state index in [1.165, 1.54) is 18.4 Å². The Labute approximate surface area is 332 Å². The summed E-state index contributed by atoms with van der Waals surface area (Å²) < 4.78 is 7.03. The van der Waals surface area contributed by atoms with Crippen molar-refractivity contribution in [3.63, 3.8) is 0 Å². The third-order valence-corrected chi connectivity index (χ3v) is 8.21. The first-order valence-electron chi connectivity index (χ1n) is 18.5. The maximum absolute atomic E-state index is 12.7. The molecule has 0 aliphatic heterocycles. The molecule has 0 bridgehead atoms. The highest BCUT2D eigenvalue weighted by Gasteiger charge is 2.24. The van der Waals surface area contributed by atoms with E-state index in [2.05, 4.69) is 53.9 Å². The van der Waals surface area contributed by atoms with Gasteiger partial charge in [0.25, 0.3) is 0 Å². The summed E-state index contributed by atoms with van der Waals surface area (Å²) in [6.45, 7) is 14.8. The van der Waals surface area contributed by atoms with Gasteiger partial charge in [-0.1, -0.05) is 86.1 Å². The summed E-state index contributed by atoms with van der Waals surface area (Å²) in [7, 11) is 0. The molecule has 0 spiro atoms. The Balaban J connectivity index is 0.000000213. The number of aromatic amines is 1. The number of halogens is 1. The van der Waals surface area contributed by atoms with Crippen LogP contribution in [0.15, 0.2) is 72.8 Å². The number of aryl methyl sites for hydroxylation is 2. The lowest BCUT2D eigenvalue weighted by molar-refractivity contribution is -0.119. The van der Waals surface area contributed by atoms with Crippen LogP contribution in [0.4, 0.5) is 10.6 Å². The predicted molar refractivity (Wildman–Crippen MR) is 223 cm³/mol. The van der Waals surface area contributed by atoms with E-state index in [1.54, 1.807) is 0 Å². The maximum atomic E-state index is 12.7. The summed E-state index contributed by atoms with van der Waals surface area (Å²) in [5.74, 6) is 1.87. The number of ether oxygens (including phenoxy) is 1. The molecule has 6 aromatic rings. The minimum absolute atomic E-state index is 0.0227. The molecule has 56 heavy (non-hydrogen) atoms. The number of aromatic nitrogens is 6. The Hall–Kier alpha value is -5.86. The maximum Gasteiger partial charge on any atom is 0.420 e. The lowest BCUT2D eigenvalue weighted by atomic mass is 10.2. The van der Waals surface area contributed by atoms with E-state index in [4.69, 9.17) is 22.1 Å². The molecule has 2 aromatic carbocycles. The molecule has 6 rings (SSSR count). The summed E-state index contributed by atoms with van der Waals surface area (Å²) in [6, 6.07) is 23.3. The number of carbonyl (C=O) groups is 3. The predicted octanol–water partition coefficient (Wildman–Crippen LogP) is 6.91. The highest BCUT2D eigenvalue weighted by molar-refractivity contribution is 6.34. The fraction of sp³-hybridized carbons (Fsp3) is 0.341. The number of anilines is 1. The standard InChI is InChI=1S/C19H20ClN3O2.C18H21N5O.C4H10N2O/c1-5-13-11-14-15(20)21-16(12-9-7-6-8-10-12)22-17(14)23(13)18(24)25-19(2,3)4;1-3-14-11-15-17(20-10-9-19-12(2)24)22-16(23-18(15)21-14)13-7-5-4-6-8-13;1-4(7)6-3-2-5/h6-11H,5H2,1-4H3;4-8,11H,3,9-10H2,1-2H3,(H,19,24)(H2,20,21,22,23);2-3,5H2,1H3,(H,6,7). The van der Waals surface area contributed by atoms with Crippen molar-refractivity contribution < 1.29 is 19.1 Å². The number of hydrogen-bond acceptors (Lipinski definition) is 10. The van der Waals surface area contributed by atoms with E-state index in [0.29, 0.717) is 60.4 Å². The van der Waals surface area contributed by atoms with Crippen molar-refractivity contribution in [1.82, 2.24) is 40.1 Å². The monoisotopic (exact) mass is 782 g/mol. The third-order valence-electron chi connectivity index (χ3n) is 7.93. The smallest absolute Gasteiger partial charge is 0.420 e. The summed E-state index contributed by atoms with van der Waals surface area (Å²) in [5, 5.41) is 10.5. The van der Waals surface area contributed by atoms with E-state index in [-0.39, 0.29) is 11.8 Å². The van der Waals surface area contributed by atoms with Gasteiger partial charge in [0.15, 0.2) is 17.3 Å². The number of nitrogens with one attached hydrogen (secondary N) is 4. The second-order valence-electron chi connectivity index (χ2n) is 13.6. The Morgan fingerprint density at radius 3 is 1.89 bits per heavy atom. The third kappa shape index (κ3) is 12.1. The normalized spacial score (nSPS) is 10.9. The number of rotatable bonds is 10. The molecular weight excluding hydrogens is 732 g/mol. The Morgan fingerprint density at radius 1 is 0.786 bits per heavy atom. The van der Waals surface area contributed by atoms with Crippen molar-refractivity contribution in [3.05, 3.63) is 89.3 Å². The van der Waals surface area contributed by atoms with Crippen molar-refractivity contribution in [3.8, 4) is 22.8 Å². The average Bonchev–Trinajstić information content (AvgIpc) is 3.78. The zero-order chi connectivity index (χ0) is 40.8. The highest BCUT2D eigenvalue weighted by atomic mass is 35.5. The molecule has 4 heterocycles.